The standard InChI is InChI=1S/C16H19NO2/c1-2-3-10-15-11-7-12-17(15)16(18)19-13-14-8-5-4-6-9-14/h1,4-6,8-9,15H,3,7,10-13H2. The average Bonchev–Trinajstić information content (AvgIpc) is 2.92. The van der Waals surface area contributed by atoms with Crippen LogP contribution in [-0.4, -0.2) is 23.6 Å². The summed E-state index contributed by atoms with van der Waals surface area (Å²) >= 11 is 0. The first-order valence-electron chi connectivity index (χ1n) is 6.72. The smallest absolute Gasteiger partial charge is 0.410 e. The highest BCUT2D eigenvalue weighted by Crippen LogP contribution is 2.22. The van der Waals surface area contributed by atoms with Gasteiger partial charge in [0.05, 0.1) is 0 Å². The second-order valence-electron chi connectivity index (χ2n) is 4.77. The van der Waals surface area contributed by atoms with Crippen LogP contribution >= 0.6 is 0 Å². The number of nitrogens with zero attached hydrogens (tertiary/aromatic N) is 1. The molecule has 1 aliphatic rings. The molecule has 1 aliphatic heterocycles. The van der Waals surface area contributed by atoms with E-state index in [2.05, 4.69) is 5.92 Å². The molecule has 0 aromatic heterocycles. The highest BCUT2D eigenvalue weighted by Gasteiger charge is 2.29. The van der Waals surface area contributed by atoms with Gasteiger partial charge < -0.3 is 9.64 Å². The molecular weight excluding hydrogens is 238 g/mol. The maximum absolute atomic E-state index is 12.0. The van der Waals surface area contributed by atoms with Crippen LogP contribution in [0.15, 0.2) is 30.3 Å². The van der Waals surface area contributed by atoms with Gasteiger partial charge in [-0.1, -0.05) is 30.3 Å². The van der Waals surface area contributed by atoms with Crippen LogP contribution in [0.25, 0.3) is 0 Å². The Kier molecular flexibility index (Phi) is 4.85. The second-order valence-corrected chi connectivity index (χ2v) is 4.77. The summed E-state index contributed by atoms with van der Waals surface area (Å²) in [6, 6.07) is 9.98. The molecule has 1 unspecified atom stereocenters. The van der Waals surface area contributed by atoms with Gasteiger partial charge in [-0.15, -0.1) is 12.3 Å². The zero-order valence-corrected chi connectivity index (χ0v) is 11.0. The minimum absolute atomic E-state index is 0.219. The van der Waals surface area contributed by atoms with Crippen molar-refractivity contribution >= 4 is 6.09 Å². The average molecular weight is 257 g/mol. The number of benzene rings is 1. The predicted molar refractivity (Wildman–Crippen MR) is 74.4 cm³/mol. The molecule has 3 heteroatoms. The molecule has 19 heavy (non-hydrogen) atoms. The summed E-state index contributed by atoms with van der Waals surface area (Å²) in [5, 5.41) is 0. The second kappa shape index (κ2) is 6.84. The summed E-state index contributed by atoms with van der Waals surface area (Å²) < 4.78 is 5.36. The summed E-state index contributed by atoms with van der Waals surface area (Å²) in [6.07, 6.45) is 8.71. The van der Waals surface area contributed by atoms with E-state index in [0.717, 1.165) is 31.4 Å². The van der Waals surface area contributed by atoms with Gasteiger partial charge in [0.25, 0.3) is 0 Å². The predicted octanol–water partition coefficient (Wildman–Crippen LogP) is 3.20. The molecule has 1 saturated heterocycles. The fraction of sp³-hybridized carbons (Fsp3) is 0.438. The molecule has 1 atom stereocenters. The zero-order valence-electron chi connectivity index (χ0n) is 11.0. The van der Waals surface area contributed by atoms with Gasteiger partial charge >= 0.3 is 6.09 Å². The monoisotopic (exact) mass is 257 g/mol. The topological polar surface area (TPSA) is 29.5 Å². The maximum atomic E-state index is 12.0. The van der Waals surface area contributed by atoms with Gasteiger partial charge in [0.2, 0.25) is 0 Å². The van der Waals surface area contributed by atoms with E-state index in [4.69, 9.17) is 11.2 Å². The summed E-state index contributed by atoms with van der Waals surface area (Å²) in [5.74, 6) is 2.63. The molecular formula is C16H19NO2. The van der Waals surface area contributed by atoms with Crippen LogP contribution in [0.4, 0.5) is 4.79 Å². The molecule has 1 heterocycles. The summed E-state index contributed by atoms with van der Waals surface area (Å²) in [4.78, 5) is 13.9. The molecule has 1 aromatic carbocycles. The van der Waals surface area contributed by atoms with Crippen LogP contribution in [-0.2, 0) is 11.3 Å². The lowest BCUT2D eigenvalue weighted by Gasteiger charge is -2.23. The van der Waals surface area contributed by atoms with Gasteiger partial charge in [0.1, 0.15) is 6.61 Å². The molecule has 2 rings (SSSR count). The quantitative estimate of drug-likeness (QED) is 0.775. The summed E-state index contributed by atoms with van der Waals surface area (Å²) in [5.41, 5.74) is 1.01. The maximum Gasteiger partial charge on any atom is 0.410 e. The third-order valence-electron chi connectivity index (χ3n) is 3.44. The molecule has 0 N–H and O–H groups in total. The van der Waals surface area contributed by atoms with Crippen molar-refractivity contribution in [1.82, 2.24) is 4.90 Å². The number of amides is 1. The fourth-order valence-electron chi connectivity index (χ4n) is 2.43. The first kappa shape index (κ1) is 13.5. The number of ether oxygens (including phenoxy) is 1. The van der Waals surface area contributed by atoms with Crippen molar-refractivity contribution in [3.8, 4) is 12.3 Å². The van der Waals surface area contributed by atoms with Crippen molar-refractivity contribution < 1.29 is 9.53 Å². The van der Waals surface area contributed by atoms with E-state index < -0.39 is 0 Å². The summed E-state index contributed by atoms with van der Waals surface area (Å²) in [6.45, 7) is 1.11. The van der Waals surface area contributed by atoms with Crippen molar-refractivity contribution in [3.05, 3.63) is 35.9 Å². The zero-order chi connectivity index (χ0) is 13.5. The lowest BCUT2D eigenvalue weighted by atomic mass is 10.1. The number of likely N-dealkylation sites (tertiary alicyclic amines) is 1. The van der Waals surface area contributed by atoms with Gasteiger partial charge in [-0.3, -0.25) is 0 Å². The SMILES string of the molecule is C#CCCC1CCCN1C(=O)OCc1ccccc1. The Morgan fingerprint density at radius 3 is 2.95 bits per heavy atom. The van der Waals surface area contributed by atoms with Crippen LogP contribution in [0.2, 0.25) is 0 Å². The Bertz CT molecular complexity index is 450. The number of hydrogen-bond donors (Lipinski definition) is 0. The Morgan fingerprint density at radius 1 is 1.42 bits per heavy atom. The first-order valence-corrected chi connectivity index (χ1v) is 6.72. The van der Waals surface area contributed by atoms with Crippen molar-refractivity contribution in [3.63, 3.8) is 0 Å². The molecule has 3 nitrogen and oxygen atoms in total. The number of carbonyl (C=O) groups is 1. The van der Waals surface area contributed by atoms with E-state index in [1.165, 1.54) is 0 Å². The minimum Gasteiger partial charge on any atom is -0.445 e. The molecule has 1 amide bonds. The van der Waals surface area contributed by atoms with Gasteiger partial charge in [-0.2, -0.15) is 0 Å². The van der Waals surface area contributed by atoms with E-state index in [0.29, 0.717) is 13.0 Å². The van der Waals surface area contributed by atoms with Crippen molar-refractivity contribution in [2.45, 2.75) is 38.3 Å². The van der Waals surface area contributed by atoms with E-state index in [1.54, 1.807) is 0 Å². The molecule has 1 aromatic rings. The van der Waals surface area contributed by atoms with Gasteiger partial charge in [-0.25, -0.2) is 4.79 Å². The van der Waals surface area contributed by atoms with E-state index in [1.807, 2.05) is 35.2 Å². The normalized spacial score (nSPS) is 18.1. The Morgan fingerprint density at radius 2 is 2.21 bits per heavy atom. The summed E-state index contributed by atoms with van der Waals surface area (Å²) in [7, 11) is 0. The molecule has 0 spiro atoms. The molecule has 0 radical (unpaired) electrons. The highest BCUT2D eigenvalue weighted by molar-refractivity contribution is 5.68. The largest absolute Gasteiger partial charge is 0.445 e. The van der Waals surface area contributed by atoms with Crippen LogP contribution in [0.5, 0.6) is 0 Å². The van der Waals surface area contributed by atoms with Crippen molar-refractivity contribution in [2.75, 3.05) is 6.54 Å². The Labute approximate surface area is 114 Å². The highest BCUT2D eigenvalue weighted by atomic mass is 16.6. The fourth-order valence-corrected chi connectivity index (χ4v) is 2.43. The van der Waals surface area contributed by atoms with Crippen LogP contribution < -0.4 is 0 Å². The molecule has 0 bridgehead atoms. The lowest BCUT2D eigenvalue weighted by molar-refractivity contribution is 0.0911. The number of terminal acetylenes is 1. The van der Waals surface area contributed by atoms with Crippen molar-refractivity contribution in [1.29, 1.82) is 0 Å². The molecule has 100 valence electrons. The third-order valence-corrected chi connectivity index (χ3v) is 3.44. The van der Waals surface area contributed by atoms with Crippen LogP contribution in [0.3, 0.4) is 0 Å². The van der Waals surface area contributed by atoms with E-state index in [9.17, 15) is 4.79 Å². The molecule has 0 aliphatic carbocycles. The van der Waals surface area contributed by atoms with Crippen molar-refractivity contribution in [2.24, 2.45) is 0 Å². The van der Waals surface area contributed by atoms with Gasteiger partial charge in [-0.05, 0) is 24.8 Å². The van der Waals surface area contributed by atoms with E-state index >= 15 is 0 Å². The number of rotatable bonds is 4. The van der Waals surface area contributed by atoms with Crippen LogP contribution in [0, 0.1) is 12.3 Å². The lowest BCUT2D eigenvalue weighted by Crippen LogP contribution is -2.35. The number of hydrogen-bond acceptors (Lipinski definition) is 2. The Balaban J connectivity index is 1.84. The van der Waals surface area contributed by atoms with Gasteiger partial charge in [0, 0.05) is 19.0 Å². The molecule has 1 fully saturated rings. The van der Waals surface area contributed by atoms with Crippen LogP contribution in [0.1, 0.15) is 31.2 Å². The Hall–Kier alpha value is -1.95. The third kappa shape index (κ3) is 3.75. The molecule has 0 saturated carbocycles. The minimum atomic E-state index is -0.219. The van der Waals surface area contributed by atoms with E-state index in [-0.39, 0.29) is 12.1 Å². The number of carbonyl (C=O) groups excluding carboxylic acids is 1. The van der Waals surface area contributed by atoms with Gasteiger partial charge in [0.15, 0.2) is 0 Å². The first-order chi connectivity index (χ1) is 9.31.